The van der Waals surface area contributed by atoms with Crippen molar-refractivity contribution in [1.82, 2.24) is 4.90 Å². The summed E-state index contributed by atoms with van der Waals surface area (Å²) in [7, 11) is 1.82. The number of nitrogens with zero attached hydrogens (tertiary/aromatic N) is 1. The first-order chi connectivity index (χ1) is 8.49. The Hall–Kier alpha value is -1.06. The Bertz CT molecular complexity index is 338. The first-order valence-corrected chi connectivity index (χ1v) is 6.96. The lowest BCUT2D eigenvalue weighted by atomic mass is 9.84. The minimum atomic E-state index is -0.810. The Kier molecular flexibility index (Phi) is 3.93. The zero-order valence-corrected chi connectivity index (χ0v) is 11.3. The molecular formula is C14H23NO3. The molecule has 1 amide bonds. The third-order valence-corrected chi connectivity index (χ3v) is 4.57. The van der Waals surface area contributed by atoms with Crippen molar-refractivity contribution in [3.8, 4) is 0 Å². The molecule has 4 heteroatoms. The van der Waals surface area contributed by atoms with Gasteiger partial charge in [0, 0.05) is 13.6 Å². The number of carboxylic acid groups (broad SMARTS) is 1. The topological polar surface area (TPSA) is 57.6 Å². The molecule has 0 aromatic heterocycles. The minimum Gasteiger partial charge on any atom is -0.481 e. The number of rotatable bonds is 4. The van der Waals surface area contributed by atoms with Gasteiger partial charge in [-0.25, -0.2) is 0 Å². The van der Waals surface area contributed by atoms with E-state index in [0.717, 1.165) is 13.0 Å². The number of carbonyl (C=O) groups is 2. The second-order valence-corrected chi connectivity index (χ2v) is 6.14. The number of hydrogen-bond acceptors (Lipinski definition) is 2. The Labute approximate surface area is 108 Å². The molecule has 2 rings (SSSR count). The highest BCUT2D eigenvalue weighted by Crippen LogP contribution is 2.38. The van der Waals surface area contributed by atoms with E-state index in [2.05, 4.69) is 0 Å². The summed E-state index contributed by atoms with van der Waals surface area (Å²) < 4.78 is 0. The average Bonchev–Trinajstić information content (AvgIpc) is 2.64. The number of carboxylic acids is 1. The molecule has 2 aliphatic rings. The number of hydrogen-bond donors (Lipinski definition) is 1. The van der Waals surface area contributed by atoms with Crippen LogP contribution >= 0.6 is 0 Å². The zero-order valence-electron chi connectivity index (χ0n) is 11.3. The van der Waals surface area contributed by atoms with E-state index in [4.69, 9.17) is 0 Å². The van der Waals surface area contributed by atoms with Gasteiger partial charge in [-0.2, -0.15) is 0 Å². The largest absolute Gasteiger partial charge is 0.481 e. The molecule has 0 aliphatic heterocycles. The van der Waals surface area contributed by atoms with Gasteiger partial charge in [0.1, 0.15) is 0 Å². The standard InChI is InChI=1S/C14H23NO3/c1-9-6-11(12(7-9)14(17)18)13(16)15(2)8-10-4-3-5-10/h9-12H,3-8H2,1-2H3,(H,17,18)/t9?,11-,12+/m0/s1. The van der Waals surface area contributed by atoms with E-state index < -0.39 is 11.9 Å². The van der Waals surface area contributed by atoms with Crippen LogP contribution in [0.5, 0.6) is 0 Å². The predicted octanol–water partition coefficient (Wildman–Crippen LogP) is 1.99. The predicted molar refractivity (Wildman–Crippen MR) is 68.0 cm³/mol. The molecule has 0 spiro atoms. The summed E-state index contributed by atoms with van der Waals surface area (Å²) in [6, 6.07) is 0. The van der Waals surface area contributed by atoms with E-state index in [9.17, 15) is 14.7 Å². The van der Waals surface area contributed by atoms with Crippen molar-refractivity contribution >= 4 is 11.9 Å². The fourth-order valence-corrected chi connectivity index (χ4v) is 3.27. The van der Waals surface area contributed by atoms with Gasteiger partial charge in [-0.15, -0.1) is 0 Å². The van der Waals surface area contributed by atoms with E-state index in [1.165, 1.54) is 19.3 Å². The van der Waals surface area contributed by atoms with E-state index in [0.29, 0.717) is 18.3 Å². The van der Waals surface area contributed by atoms with Crippen molar-refractivity contribution in [3.05, 3.63) is 0 Å². The molecule has 1 unspecified atom stereocenters. The van der Waals surface area contributed by atoms with Crippen LogP contribution in [-0.4, -0.2) is 35.5 Å². The minimum absolute atomic E-state index is 0.0404. The normalized spacial score (nSPS) is 32.0. The smallest absolute Gasteiger partial charge is 0.307 e. The maximum absolute atomic E-state index is 12.3. The van der Waals surface area contributed by atoms with Crippen LogP contribution in [0, 0.1) is 23.7 Å². The lowest BCUT2D eigenvalue weighted by Gasteiger charge is -2.32. The Morgan fingerprint density at radius 3 is 2.33 bits per heavy atom. The monoisotopic (exact) mass is 253 g/mol. The van der Waals surface area contributed by atoms with Crippen LogP contribution in [0.3, 0.4) is 0 Å². The van der Waals surface area contributed by atoms with Crippen LogP contribution in [-0.2, 0) is 9.59 Å². The van der Waals surface area contributed by atoms with Crippen molar-refractivity contribution in [1.29, 1.82) is 0 Å². The number of aliphatic carboxylic acids is 1. The van der Waals surface area contributed by atoms with Crippen molar-refractivity contribution in [3.63, 3.8) is 0 Å². The fourth-order valence-electron chi connectivity index (χ4n) is 3.27. The summed E-state index contributed by atoms with van der Waals surface area (Å²) in [5.74, 6) is -0.564. The van der Waals surface area contributed by atoms with Crippen molar-refractivity contribution in [2.75, 3.05) is 13.6 Å². The quantitative estimate of drug-likeness (QED) is 0.833. The van der Waals surface area contributed by atoms with Crippen LogP contribution in [0.1, 0.15) is 39.0 Å². The summed E-state index contributed by atoms with van der Waals surface area (Å²) in [6.45, 7) is 2.84. The van der Waals surface area contributed by atoms with Crippen molar-refractivity contribution in [2.24, 2.45) is 23.7 Å². The third kappa shape index (κ3) is 2.68. The summed E-state index contributed by atoms with van der Waals surface area (Å²) in [6.07, 6.45) is 5.06. The van der Waals surface area contributed by atoms with Gasteiger partial charge >= 0.3 is 5.97 Å². The SMILES string of the molecule is CC1C[C@H](C(=O)N(C)CC2CCC2)[C@H](C(=O)O)C1. The van der Waals surface area contributed by atoms with Crippen LogP contribution in [0.2, 0.25) is 0 Å². The summed E-state index contributed by atoms with van der Waals surface area (Å²) in [5.41, 5.74) is 0. The molecule has 18 heavy (non-hydrogen) atoms. The van der Waals surface area contributed by atoms with Crippen LogP contribution in [0.15, 0.2) is 0 Å². The number of carbonyl (C=O) groups excluding carboxylic acids is 1. The van der Waals surface area contributed by atoms with Gasteiger partial charge in [-0.3, -0.25) is 9.59 Å². The first-order valence-electron chi connectivity index (χ1n) is 6.96. The van der Waals surface area contributed by atoms with Gasteiger partial charge in [-0.1, -0.05) is 13.3 Å². The van der Waals surface area contributed by atoms with E-state index >= 15 is 0 Å². The van der Waals surface area contributed by atoms with Gasteiger partial charge in [0.2, 0.25) is 5.91 Å². The maximum atomic E-state index is 12.3. The highest BCUT2D eigenvalue weighted by Gasteiger charge is 2.42. The Morgan fingerprint density at radius 2 is 1.83 bits per heavy atom. The molecule has 0 bridgehead atoms. The van der Waals surface area contributed by atoms with Gasteiger partial charge < -0.3 is 10.0 Å². The molecule has 3 atom stereocenters. The van der Waals surface area contributed by atoms with Crippen LogP contribution < -0.4 is 0 Å². The maximum Gasteiger partial charge on any atom is 0.307 e. The summed E-state index contributed by atoms with van der Waals surface area (Å²) in [4.78, 5) is 25.3. The van der Waals surface area contributed by atoms with Crippen molar-refractivity contribution in [2.45, 2.75) is 39.0 Å². The van der Waals surface area contributed by atoms with Gasteiger partial charge in [0.15, 0.2) is 0 Å². The molecule has 1 N–H and O–H groups in total. The zero-order chi connectivity index (χ0) is 13.3. The molecule has 0 aromatic rings. The van der Waals surface area contributed by atoms with Gasteiger partial charge in [0.25, 0.3) is 0 Å². The summed E-state index contributed by atoms with van der Waals surface area (Å²) in [5, 5.41) is 9.20. The lowest BCUT2D eigenvalue weighted by molar-refractivity contribution is -0.148. The lowest BCUT2D eigenvalue weighted by Crippen LogP contribution is -2.40. The first kappa shape index (κ1) is 13.4. The van der Waals surface area contributed by atoms with E-state index in [1.807, 2.05) is 14.0 Å². The van der Waals surface area contributed by atoms with Crippen LogP contribution in [0.4, 0.5) is 0 Å². The Morgan fingerprint density at radius 1 is 1.22 bits per heavy atom. The average molecular weight is 253 g/mol. The molecule has 0 radical (unpaired) electrons. The highest BCUT2D eigenvalue weighted by molar-refractivity contribution is 5.85. The molecule has 2 aliphatic carbocycles. The third-order valence-electron chi connectivity index (χ3n) is 4.57. The molecule has 0 heterocycles. The molecule has 0 saturated heterocycles. The molecule has 0 aromatic carbocycles. The molecule has 2 saturated carbocycles. The molecule has 102 valence electrons. The molecular weight excluding hydrogens is 230 g/mol. The second kappa shape index (κ2) is 5.29. The molecule has 4 nitrogen and oxygen atoms in total. The van der Waals surface area contributed by atoms with Crippen LogP contribution in [0.25, 0.3) is 0 Å². The van der Waals surface area contributed by atoms with E-state index in [1.54, 1.807) is 4.90 Å². The van der Waals surface area contributed by atoms with Gasteiger partial charge in [-0.05, 0) is 37.5 Å². The number of amides is 1. The van der Waals surface area contributed by atoms with Gasteiger partial charge in [0.05, 0.1) is 11.8 Å². The summed E-state index contributed by atoms with van der Waals surface area (Å²) >= 11 is 0. The molecule has 2 fully saturated rings. The highest BCUT2D eigenvalue weighted by atomic mass is 16.4. The fraction of sp³-hybridized carbons (Fsp3) is 0.857. The van der Waals surface area contributed by atoms with Crippen molar-refractivity contribution < 1.29 is 14.7 Å². The second-order valence-electron chi connectivity index (χ2n) is 6.14. The van der Waals surface area contributed by atoms with E-state index in [-0.39, 0.29) is 11.8 Å². The Balaban J connectivity index is 1.95.